The predicted molar refractivity (Wildman–Crippen MR) is 106 cm³/mol. The lowest BCUT2D eigenvalue weighted by Gasteiger charge is -2.38. The third-order valence-electron chi connectivity index (χ3n) is 4.67. The molecule has 6 heteroatoms. The first kappa shape index (κ1) is 18.2. The van der Waals surface area contributed by atoms with Crippen LogP contribution in [0.25, 0.3) is 0 Å². The summed E-state index contributed by atoms with van der Waals surface area (Å²) in [7, 11) is 0. The van der Waals surface area contributed by atoms with Gasteiger partial charge in [-0.15, -0.1) is 11.3 Å². The fourth-order valence-corrected chi connectivity index (χ4v) is 4.01. The zero-order valence-corrected chi connectivity index (χ0v) is 16.0. The second-order valence-electron chi connectivity index (χ2n) is 6.30. The van der Waals surface area contributed by atoms with E-state index in [1.807, 2.05) is 31.2 Å². The highest BCUT2D eigenvalue weighted by Gasteiger charge is 2.25. The average molecular weight is 378 g/mol. The summed E-state index contributed by atoms with van der Waals surface area (Å²) < 4.78 is 0. The van der Waals surface area contributed by atoms with Crippen LogP contribution in [0.5, 0.6) is 0 Å². The molecule has 1 aromatic carbocycles. The molecule has 1 aliphatic heterocycles. The summed E-state index contributed by atoms with van der Waals surface area (Å²) in [5.74, 6) is 0.118. The molecule has 0 bridgehead atoms. The molecule has 134 valence electrons. The van der Waals surface area contributed by atoms with Crippen LogP contribution in [0, 0.1) is 0 Å². The number of halogens is 1. The van der Waals surface area contributed by atoms with Crippen LogP contribution in [0.3, 0.4) is 0 Å². The lowest BCUT2D eigenvalue weighted by Crippen LogP contribution is -2.54. The standard InChI is InChI=1S/C19H24ClN3OS/c1-15(19(24)21-8-7-18-6-3-13-25-18)22-9-11-23(12-10-22)17-5-2-4-16(20)14-17/h2-6,13-15H,7-12H2,1H3,(H,21,24)/t15-/m0/s1. The average Bonchev–Trinajstić information content (AvgIpc) is 3.14. The number of rotatable bonds is 6. The third kappa shape index (κ3) is 4.97. The Hall–Kier alpha value is -1.56. The van der Waals surface area contributed by atoms with Crippen LogP contribution in [-0.2, 0) is 11.2 Å². The van der Waals surface area contributed by atoms with Crippen LogP contribution in [-0.4, -0.2) is 49.6 Å². The van der Waals surface area contributed by atoms with E-state index in [1.165, 1.54) is 4.88 Å². The highest BCUT2D eigenvalue weighted by atomic mass is 35.5. The van der Waals surface area contributed by atoms with Crippen molar-refractivity contribution in [3.63, 3.8) is 0 Å². The number of piperazine rings is 1. The highest BCUT2D eigenvalue weighted by Crippen LogP contribution is 2.21. The Bertz CT molecular complexity index is 684. The largest absolute Gasteiger partial charge is 0.369 e. The van der Waals surface area contributed by atoms with Gasteiger partial charge in [0.15, 0.2) is 0 Å². The fourth-order valence-electron chi connectivity index (χ4n) is 3.12. The summed E-state index contributed by atoms with van der Waals surface area (Å²) in [6.07, 6.45) is 0.901. The van der Waals surface area contributed by atoms with Crippen molar-refractivity contribution in [3.05, 3.63) is 51.7 Å². The SMILES string of the molecule is C[C@@H](C(=O)NCCc1cccs1)N1CCN(c2cccc(Cl)c2)CC1. The molecule has 1 N–H and O–H groups in total. The molecule has 4 nitrogen and oxygen atoms in total. The van der Waals surface area contributed by atoms with Gasteiger partial charge < -0.3 is 10.2 Å². The zero-order chi connectivity index (χ0) is 17.6. The Balaban J connectivity index is 1.44. The molecule has 1 aliphatic rings. The van der Waals surface area contributed by atoms with Crippen molar-refractivity contribution >= 4 is 34.5 Å². The fraction of sp³-hybridized carbons (Fsp3) is 0.421. The summed E-state index contributed by atoms with van der Waals surface area (Å²) >= 11 is 7.81. The molecule has 2 heterocycles. The first-order valence-electron chi connectivity index (χ1n) is 8.68. The number of hydrogen-bond acceptors (Lipinski definition) is 4. The Morgan fingerprint density at radius 3 is 2.72 bits per heavy atom. The maximum Gasteiger partial charge on any atom is 0.237 e. The van der Waals surface area contributed by atoms with Gasteiger partial charge in [0.05, 0.1) is 6.04 Å². The minimum absolute atomic E-state index is 0.0927. The van der Waals surface area contributed by atoms with Gasteiger partial charge in [0, 0.05) is 48.3 Å². The molecule has 0 spiro atoms. The summed E-state index contributed by atoms with van der Waals surface area (Å²) in [6.45, 7) is 6.28. The summed E-state index contributed by atoms with van der Waals surface area (Å²) in [6, 6.07) is 12.0. The number of nitrogens with one attached hydrogen (secondary N) is 1. The van der Waals surface area contributed by atoms with E-state index in [4.69, 9.17) is 11.6 Å². The monoisotopic (exact) mass is 377 g/mol. The maximum absolute atomic E-state index is 12.4. The van der Waals surface area contributed by atoms with Crippen molar-refractivity contribution in [3.8, 4) is 0 Å². The van der Waals surface area contributed by atoms with Gasteiger partial charge in [0.1, 0.15) is 0 Å². The summed E-state index contributed by atoms with van der Waals surface area (Å²) in [5, 5.41) is 5.89. The minimum atomic E-state index is -0.0927. The first-order chi connectivity index (χ1) is 12.1. The first-order valence-corrected chi connectivity index (χ1v) is 9.94. The second kappa shape index (κ2) is 8.70. The van der Waals surface area contributed by atoms with Crippen LogP contribution in [0.2, 0.25) is 5.02 Å². The van der Waals surface area contributed by atoms with Crippen LogP contribution >= 0.6 is 22.9 Å². The zero-order valence-electron chi connectivity index (χ0n) is 14.5. The van der Waals surface area contributed by atoms with E-state index in [0.29, 0.717) is 6.54 Å². The molecule has 2 aromatic rings. The molecule has 0 saturated carbocycles. The molecule has 0 unspecified atom stereocenters. The molecule has 25 heavy (non-hydrogen) atoms. The van der Waals surface area contributed by atoms with Gasteiger partial charge in [-0.1, -0.05) is 23.7 Å². The summed E-state index contributed by atoms with van der Waals surface area (Å²) in [5.41, 5.74) is 1.15. The van der Waals surface area contributed by atoms with E-state index in [0.717, 1.165) is 43.3 Å². The Labute approximate surface area is 158 Å². The lowest BCUT2D eigenvalue weighted by atomic mass is 10.2. The molecule has 3 rings (SSSR count). The molecule has 1 atom stereocenters. The minimum Gasteiger partial charge on any atom is -0.369 e. The van der Waals surface area contributed by atoms with Gasteiger partial charge >= 0.3 is 0 Å². The molecule has 1 fully saturated rings. The van der Waals surface area contributed by atoms with Gasteiger partial charge in [0.2, 0.25) is 5.91 Å². The number of hydrogen-bond donors (Lipinski definition) is 1. The van der Waals surface area contributed by atoms with E-state index in [9.17, 15) is 4.79 Å². The van der Waals surface area contributed by atoms with Crippen LogP contribution < -0.4 is 10.2 Å². The third-order valence-corrected chi connectivity index (χ3v) is 5.84. The van der Waals surface area contributed by atoms with E-state index < -0.39 is 0 Å². The molecule has 0 radical (unpaired) electrons. The molecule has 1 amide bonds. The van der Waals surface area contributed by atoms with Crippen molar-refractivity contribution in [1.29, 1.82) is 0 Å². The Morgan fingerprint density at radius 1 is 1.24 bits per heavy atom. The molecular formula is C19H24ClN3OS. The highest BCUT2D eigenvalue weighted by molar-refractivity contribution is 7.09. The van der Waals surface area contributed by atoms with Crippen LogP contribution in [0.4, 0.5) is 5.69 Å². The number of anilines is 1. The number of carbonyl (C=O) groups is 1. The number of nitrogens with zero attached hydrogens (tertiary/aromatic N) is 2. The molecule has 1 saturated heterocycles. The van der Waals surface area contributed by atoms with Crippen molar-refractivity contribution < 1.29 is 4.79 Å². The van der Waals surface area contributed by atoms with E-state index in [-0.39, 0.29) is 11.9 Å². The number of thiophene rings is 1. The quantitative estimate of drug-likeness (QED) is 0.839. The molecular weight excluding hydrogens is 354 g/mol. The van der Waals surface area contributed by atoms with Crippen molar-refractivity contribution in [2.45, 2.75) is 19.4 Å². The van der Waals surface area contributed by atoms with E-state index in [2.05, 4.69) is 32.6 Å². The maximum atomic E-state index is 12.4. The van der Waals surface area contributed by atoms with E-state index in [1.54, 1.807) is 11.3 Å². The second-order valence-corrected chi connectivity index (χ2v) is 7.77. The predicted octanol–water partition coefficient (Wildman–Crippen LogP) is 3.27. The van der Waals surface area contributed by atoms with Gasteiger partial charge in [-0.3, -0.25) is 9.69 Å². The van der Waals surface area contributed by atoms with Gasteiger partial charge in [-0.05, 0) is 43.0 Å². The van der Waals surface area contributed by atoms with Crippen molar-refractivity contribution in [2.24, 2.45) is 0 Å². The molecule has 1 aromatic heterocycles. The van der Waals surface area contributed by atoms with Gasteiger partial charge in [-0.2, -0.15) is 0 Å². The Kier molecular flexibility index (Phi) is 6.34. The van der Waals surface area contributed by atoms with Crippen LogP contribution in [0.1, 0.15) is 11.8 Å². The van der Waals surface area contributed by atoms with Gasteiger partial charge in [-0.25, -0.2) is 0 Å². The lowest BCUT2D eigenvalue weighted by molar-refractivity contribution is -0.125. The van der Waals surface area contributed by atoms with Crippen molar-refractivity contribution in [2.75, 3.05) is 37.6 Å². The van der Waals surface area contributed by atoms with E-state index >= 15 is 0 Å². The summed E-state index contributed by atoms with van der Waals surface area (Å²) in [4.78, 5) is 18.3. The number of benzene rings is 1. The van der Waals surface area contributed by atoms with Gasteiger partial charge in [0.25, 0.3) is 0 Å². The number of carbonyl (C=O) groups excluding carboxylic acids is 1. The molecule has 0 aliphatic carbocycles. The van der Waals surface area contributed by atoms with Crippen LogP contribution in [0.15, 0.2) is 41.8 Å². The Morgan fingerprint density at radius 2 is 2.04 bits per heavy atom. The van der Waals surface area contributed by atoms with Crippen molar-refractivity contribution in [1.82, 2.24) is 10.2 Å². The topological polar surface area (TPSA) is 35.6 Å². The smallest absolute Gasteiger partial charge is 0.237 e. The normalized spacial score (nSPS) is 16.6. The number of amides is 1.